The van der Waals surface area contributed by atoms with Gasteiger partial charge in [0, 0.05) is 42.0 Å². The van der Waals surface area contributed by atoms with E-state index in [1.54, 1.807) is 6.20 Å². The largest absolute Gasteiger partial charge is 0.454 e. The number of aromatic amines is 2. The summed E-state index contributed by atoms with van der Waals surface area (Å²) in [5, 5.41) is 14.7. The summed E-state index contributed by atoms with van der Waals surface area (Å²) in [7, 11) is 0. The van der Waals surface area contributed by atoms with E-state index in [0.29, 0.717) is 18.7 Å². The van der Waals surface area contributed by atoms with Gasteiger partial charge >= 0.3 is 0 Å². The van der Waals surface area contributed by atoms with Crippen molar-refractivity contribution in [3.63, 3.8) is 0 Å². The molecule has 0 saturated heterocycles. The first-order chi connectivity index (χ1) is 13.7. The fourth-order valence-electron chi connectivity index (χ4n) is 3.86. The van der Waals surface area contributed by atoms with Gasteiger partial charge < -0.3 is 14.4 Å². The Bertz CT molecular complexity index is 1040. The zero-order valence-corrected chi connectivity index (χ0v) is 15.6. The van der Waals surface area contributed by atoms with Crippen LogP contribution in [0.5, 0.6) is 11.5 Å². The summed E-state index contributed by atoms with van der Waals surface area (Å²) in [6.45, 7) is 3.51. The highest BCUT2D eigenvalue weighted by atomic mass is 16.7. The number of fused-ring (bicyclic) bond motifs is 2. The minimum Gasteiger partial charge on any atom is -0.454 e. The van der Waals surface area contributed by atoms with Crippen LogP contribution in [0.25, 0.3) is 11.3 Å². The topological polar surface area (TPSA) is 96.1 Å². The van der Waals surface area contributed by atoms with Gasteiger partial charge in [-0.15, -0.1) is 0 Å². The fraction of sp³-hybridized carbons (Fsp3) is 0.350. The van der Waals surface area contributed by atoms with E-state index in [1.165, 1.54) is 0 Å². The first-order valence-electron chi connectivity index (χ1n) is 9.52. The Morgan fingerprint density at radius 1 is 1.25 bits per heavy atom. The molecule has 0 unspecified atom stereocenters. The lowest BCUT2D eigenvalue weighted by atomic mass is 10.00. The van der Waals surface area contributed by atoms with Crippen molar-refractivity contribution in [2.45, 2.75) is 32.7 Å². The van der Waals surface area contributed by atoms with Crippen LogP contribution in [-0.2, 0) is 19.4 Å². The average molecular weight is 379 g/mol. The van der Waals surface area contributed by atoms with Gasteiger partial charge in [0.2, 0.25) is 6.79 Å². The highest BCUT2D eigenvalue weighted by Gasteiger charge is 2.28. The number of amides is 1. The van der Waals surface area contributed by atoms with Crippen molar-refractivity contribution >= 4 is 5.91 Å². The van der Waals surface area contributed by atoms with Gasteiger partial charge in [0.15, 0.2) is 11.5 Å². The van der Waals surface area contributed by atoms with Crippen molar-refractivity contribution in [3.05, 3.63) is 46.9 Å². The van der Waals surface area contributed by atoms with Gasteiger partial charge in [0.1, 0.15) is 0 Å². The van der Waals surface area contributed by atoms with Gasteiger partial charge in [-0.25, -0.2) is 0 Å². The Morgan fingerprint density at radius 2 is 2.14 bits per heavy atom. The molecule has 2 aromatic heterocycles. The summed E-state index contributed by atoms with van der Waals surface area (Å²) in [6, 6.07) is 5.81. The molecule has 1 amide bonds. The van der Waals surface area contributed by atoms with E-state index in [1.807, 2.05) is 23.1 Å². The van der Waals surface area contributed by atoms with Crippen LogP contribution in [0, 0.1) is 0 Å². The van der Waals surface area contributed by atoms with E-state index in [-0.39, 0.29) is 12.7 Å². The zero-order chi connectivity index (χ0) is 19.1. The molecule has 0 aliphatic carbocycles. The first kappa shape index (κ1) is 16.9. The van der Waals surface area contributed by atoms with Crippen LogP contribution in [0.1, 0.15) is 40.7 Å². The molecule has 8 heteroatoms. The van der Waals surface area contributed by atoms with Crippen molar-refractivity contribution in [1.82, 2.24) is 25.3 Å². The fourth-order valence-corrected chi connectivity index (χ4v) is 3.86. The third-order valence-corrected chi connectivity index (χ3v) is 5.32. The van der Waals surface area contributed by atoms with Gasteiger partial charge in [-0.05, 0) is 24.6 Å². The minimum absolute atomic E-state index is 0.0145. The number of nitrogens with one attached hydrogen (secondary N) is 2. The lowest BCUT2D eigenvalue weighted by Crippen LogP contribution is -2.36. The SMILES string of the molecule is CCCc1[nH]ncc1C(=O)N1CCc2[nH]nc(-c3ccc4c(c3)OCO4)c2C1. The number of rotatable bonds is 4. The van der Waals surface area contributed by atoms with Crippen LogP contribution in [0.2, 0.25) is 0 Å². The molecule has 5 rings (SSSR count). The van der Waals surface area contributed by atoms with Gasteiger partial charge in [-0.2, -0.15) is 10.2 Å². The third-order valence-electron chi connectivity index (χ3n) is 5.32. The molecule has 2 N–H and O–H groups in total. The highest BCUT2D eigenvalue weighted by Crippen LogP contribution is 2.37. The van der Waals surface area contributed by atoms with Crippen LogP contribution in [0.3, 0.4) is 0 Å². The number of hydrogen-bond donors (Lipinski definition) is 2. The van der Waals surface area contributed by atoms with Crippen molar-refractivity contribution in [2.75, 3.05) is 13.3 Å². The number of benzene rings is 1. The van der Waals surface area contributed by atoms with Crippen LogP contribution < -0.4 is 9.47 Å². The number of nitrogens with zero attached hydrogens (tertiary/aromatic N) is 3. The number of hydrogen-bond acceptors (Lipinski definition) is 5. The van der Waals surface area contributed by atoms with Crippen LogP contribution in [0.15, 0.2) is 24.4 Å². The first-order valence-corrected chi connectivity index (χ1v) is 9.52. The van der Waals surface area contributed by atoms with E-state index >= 15 is 0 Å². The zero-order valence-electron chi connectivity index (χ0n) is 15.6. The maximum atomic E-state index is 13.1. The normalized spacial score (nSPS) is 15.0. The number of H-pyrrole nitrogens is 2. The van der Waals surface area contributed by atoms with E-state index in [9.17, 15) is 4.79 Å². The molecular weight excluding hydrogens is 358 g/mol. The lowest BCUT2D eigenvalue weighted by Gasteiger charge is -2.27. The Labute approximate surface area is 161 Å². The predicted octanol–water partition coefficient (Wildman–Crippen LogP) is 2.68. The van der Waals surface area contributed by atoms with Crippen LogP contribution in [0.4, 0.5) is 0 Å². The molecular formula is C20H21N5O3. The molecule has 0 fully saturated rings. The Balaban J connectivity index is 1.43. The molecule has 28 heavy (non-hydrogen) atoms. The van der Waals surface area contributed by atoms with E-state index in [4.69, 9.17) is 9.47 Å². The second-order valence-corrected chi connectivity index (χ2v) is 7.09. The van der Waals surface area contributed by atoms with Crippen LogP contribution in [-0.4, -0.2) is 44.5 Å². The third kappa shape index (κ3) is 2.72. The van der Waals surface area contributed by atoms with E-state index < -0.39 is 0 Å². The standard InChI is InChI=1S/C20H21N5O3/c1-2-3-15-13(9-21-22-15)20(26)25-7-6-16-14(10-25)19(24-23-16)12-4-5-17-18(8-12)28-11-27-17/h4-5,8-9H,2-3,6-7,10-11H2,1H3,(H,21,22)(H,23,24). The summed E-state index contributed by atoms with van der Waals surface area (Å²) < 4.78 is 10.9. The Hall–Kier alpha value is -3.29. The summed E-state index contributed by atoms with van der Waals surface area (Å²) in [6.07, 6.45) is 4.16. The molecule has 0 spiro atoms. The molecule has 4 heterocycles. The quantitative estimate of drug-likeness (QED) is 0.727. The summed E-state index contributed by atoms with van der Waals surface area (Å²) in [4.78, 5) is 15.0. The maximum Gasteiger partial charge on any atom is 0.257 e. The summed E-state index contributed by atoms with van der Waals surface area (Å²) >= 11 is 0. The van der Waals surface area contributed by atoms with Gasteiger partial charge in [0.05, 0.1) is 17.5 Å². The number of ether oxygens (including phenoxy) is 2. The number of carbonyl (C=O) groups is 1. The molecule has 2 aliphatic rings. The molecule has 2 aliphatic heterocycles. The monoisotopic (exact) mass is 379 g/mol. The van der Waals surface area contributed by atoms with E-state index in [2.05, 4.69) is 27.3 Å². The molecule has 0 bridgehead atoms. The summed E-state index contributed by atoms with van der Waals surface area (Å²) in [5.41, 5.74) is 5.51. The molecule has 0 saturated carbocycles. The highest BCUT2D eigenvalue weighted by molar-refractivity contribution is 5.95. The molecule has 1 aromatic carbocycles. The Morgan fingerprint density at radius 3 is 3.04 bits per heavy atom. The second kappa shape index (κ2) is 6.70. The van der Waals surface area contributed by atoms with Crippen molar-refractivity contribution in [2.24, 2.45) is 0 Å². The molecule has 0 atom stereocenters. The molecule has 8 nitrogen and oxygen atoms in total. The van der Waals surface area contributed by atoms with Gasteiger partial charge in [0.25, 0.3) is 5.91 Å². The molecule has 144 valence electrons. The van der Waals surface area contributed by atoms with Crippen molar-refractivity contribution in [1.29, 1.82) is 0 Å². The number of aryl methyl sites for hydroxylation is 1. The van der Waals surface area contributed by atoms with Crippen molar-refractivity contribution in [3.8, 4) is 22.8 Å². The molecule has 3 aromatic rings. The van der Waals surface area contributed by atoms with Crippen LogP contribution >= 0.6 is 0 Å². The number of aromatic nitrogens is 4. The van der Waals surface area contributed by atoms with E-state index in [0.717, 1.165) is 59.0 Å². The predicted molar refractivity (Wildman–Crippen MR) is 101 cm³/mol. The second-order valence-electron chi connectivity index (χ2n) is 7.09. The Kier molecular flexibility index (Phi) is 4.03. The molecule has 0 radical (unpaired) electrons. The number of carbonyl (C=O) groups excluding carboxylic acids is 1. The maximum absolute atomic E-state index is 13.1. The van der Waals surface area contributed by atoms with Gasteiger partial charge in [-0.3, -0.25) is 15.0 Å². The average Bonchev–Trinajstić information content (AvgIpc) is 3.45. The lowest BCUT2D eigenvalue weighted by molar-refractivity contribution is 0.0733. The van der Waals surface area contributed by atoms with Crippen molar-refractivity contribution < 1.29 is 14.3 Å². The minimum atomic E-state index is 0.0145. The summed E-state index contributed by atoms with van der Waals surface area (Å²) in [5.74, 6) is 1.48. The van der Waals surface area contributed by atoms with Gasteiger partial charge in [-0.1, -0.05) is 13.3 Å². The smallest absolute Gasteiger partial charge is 0.257 e.